The molecule has 1 N–H and O–H groups in total. The van der Waals surface area contributed by atoms with Crippen molar-refractivity contribution in [3.8, 4) is 0 Å². The summed E-state index contributed by atoms with van der Waals surface area (Å²) in [5.41, 5.74) is 4.28. The van der Waals surface area contributed by atoms with E-state index in [4.69, 9.17) is 4.74 Å². The molecule has 2 rings (SSSR count). The van der Waals surface area contributed by atoms with Gasteiger partial charge in [0, 0.05) is 26.0 Å². The van der Waals surface area contributed by atoms with Gasteiger partial charge in [0.05, 0.1) is 5.57 Å². The Morgan fingerprint density at radius 3 is 3.06 bits per heavy atom. The zero-order valence-corrected chi connectivity index (χ0v) is 10.1. The van der Waals surface area contributed by atoms with Crippen molar-refractivity contribution in [1.29, 1.82) is 0 Å². The summed E-state index contributed by atoms with van der Waals surface area (Å²) < 4.78 is 7.21. The third kappa shape index (κ3) is 1.97. The Labute approximate surface area is 96.7 Å². The molecule has 1 unspecified atom stereocenters. The highest BCUT2D eigenvalue weighted by atomic mass is 16.6. The van der Waals surface area contributed by atoms with Crippen LogP contribution in [-0.4, -0.2) is 35.3 Å². The van der Waals surface area contributed by atoms with Gasteiger partial charge >= 0.3 is 0 Å². The largest absolute Gasteiger partial charge is 0.368 e. The highest BCUT2D eigenvalue weighted by Crippen LogP contribution is 2.30. The molecule has 0 aromatic heterocycles. The normalized spacial score (nSPS) is 20.9. The van der Waals surface area contributed by atoms with Gasteiger partial charge in [0.1, 0.15) is 6.54 Å². The summed E-state index contributed by atoms with van der Waals surface area (Å²) in [5.74, 6) is 0. The van der Waals surface area contributed by atoms with Crippen LogP contribution in [-0.2, 0) is 4.74 Å². The van der Waals surface area contributed by atoms with Crippen molar-refractivity contribution in [2.24, 2.45) is 0 Å². The zero-order valence-electron chi connectivity index (χ0n) is 10.1. The number of nitrogens with zero attached hydrogens (tertiary/aromatic N) is 1. The number of hydrogen-bond acceptors (Lipinski definition) is 2. The average Bonchev–Trinajstić information content (AvgIpc) is 2.30. The first kappa shape index (κ1) is 11.6. The summed E-state index contributed by atoms with van der Waals surface area (Å²) in [6.07, 6.45) is 7.72. The Bertz CT molecular complexity index is 366. The molecule has 0 aromatic rings. The lowest BCUT2D eigenvalue weighted by molar-refractivity contribution is -0.482. The number of aliphatic hydroxyl groups is 1. The minimum absolute atomic E-state index is 0.630. The fourth-order valence-electron chi connectivity index (χ4n) is 2.48. The molecule has 0 saturated heterocycles. The molecular formula is C13H20NO2+. The SMILES string of the molecule is CC[N+]1=C(CCC(O)OC)C2=C1C=CCC2. The Kier molecular flexibility index (Phi) is 3.56. The third-order valence-corrected chi connectivity index (χ3v) is 3.33. The van der Waals surface area contributed by atoms with Gasteiger partial charge in [0.25, 0.3) is 0 Å². The zero-order chi connectivity index (χ0) is 11.5. The smallest absolute Gasteiger partial charge is 0.214 e. The lowest BCUT2D eigenvalue weighted by atomic mass is 9.89. The average molecular weight is 222 g/mol. The van der Waals surface area contributed by atoms with Gasteiger partial charge in [-0.3, -0.25) is 0 Å². The van der Waals surface area contributed by atoms with E-state index in [0.717, 1.165) is 25.8 Å². The second-order valence-electron chi connectivity index (χ2n) is 4.22. The van der Waals surface area contributed by atoms with E-state index in [9.17, 15) is 5.11 Å². The molecule has 1 aliphatic heterocycles. The lowest BCUT2D eigenvalue weighted by Gasteiger charge is -2.24. The summed E-state index contributed by atoms with van der Waals surface area (Å²) in [6.45, 7) is 3.18. The Hall–Kier alpha value is -0.930. The molecule has 0 amide bonds. The van der Waals surface area contributed by atoms with Crippen molar-refractivity contribution in [2.45, 2.75) is 38.9 Å². The van der Waals surface area contributed by atoms with Gasteiger partial charge < -0.3 is 9.84 Å². The molecule has 1 aliphatic carbocycles. The van der Waals surface area contributed by atoms with Crippen molar-refractivity contribution in [1.82, 2.24) is 0 Å². The van der Waals surface area contributed by atoms with E-state index in [1.807, 2.05) is 0 Å². The minimum atomic E-state index is -0.630. The van der Waals surface area contributed by atoms with Crippen LogP contribution in [0.3, 0.4) is 0 Å². The van der Waals surface area contributed by atoms with E-state index < -0.39 is 6.29 Å². The topological polar surface area (TPSA) is 32.5 Å². The first-order chi connectivity index (χ1) is 7.77. The standard InChI is InChI=1S/C13H20NO2/c1-3-14-11-7-5-4-6-10(11)12(14)8-9-13(15)16-2/h5,7,13,15H,3-4,6,8-9H2,1-2H3/q+1. The molecule has 0 radical (unpaired) electrons. The van der Waals surface area contributed by atoms with Gasteiger partial charge in [0.15, 0.2) is 12.0 Å². The van der Waals surface area contributed by atoms with E-state index in [-0.39, 0.29) is 0 Å². The molecule has 1 atom stereocenters. The lowest BCUT2D eigenvalue weighted by Crippen LogP contribution is -2.34. The Balaban J connectivity index is 2.00. The van der Waals surface area contributed by atoms with Crippen molar-refractivity contribution in [3.05, 3.63) is 23.4 Å². The maximum Gasteiger partial charge on any atom is 0.214 e. The van der Waals surface area contributed by atoms with Crippen LogP contribution in [0.4, 0.5) is 0 Å². The molecule has 0 spiro atoms. The van der Waals surface area contributed by atoms with Gasteiger partial charge in [-0.05, 0) is 19.8 Å². The highest BCUT2D eigenvalue weighted by molar-refractivity contribution is 6.01. The molecule has 0 aromatic carbocycles. The maximum atomic E-state index is 9.40. The predicted molar refractivity (Wildman–Crippen MR) is 63.5 cm³/mol. The molecule has 2 aliphatic rings. The van der Waals surface area contributed by atoms with Gasteiger partial charge in [-0.2, -0.15) is 4.58 Å². The number of methoxy groups -OCH3 is 1. The molecule has 3 heteroatoms. The second kappa shape index (κ2) is 4.93. The quantitative estimate of drug-likeness (QED) is 0.568. The molecular weight excluding hydrogens is 202 g/mol. The number of rotatable bonds is 5. The number of hydrogen-bond donors (Lipinski definition) is 1. The third-order valence-electron chi connectivity index (χ3n) is 3.33. The van der Waals surface area contributed by atoms with Gasteiger partial charge in [0.2, 0.25) is 5.70 Å². The minimum Gasteiger partial charge on any atom is -0.368 e. The first-order valence-electron chi connectivity index (χ1n) is 6.02. The second-order valence-corrected chi connectivity index (χ2v) is 4.22. The van der Waals surface area contributed by atoms with Crippen LogP contribution in [0.2, 0.25) is 0 Å². The first-order valence-corrected chi connectivity index (χ1v) is 6.02. The van der Waals surface area contributed by atoms with Gasteiger partial charge in [-0.15, -0.1) is 0 Å². The van der Waals surface area contributed by atoms with Crippen LogP contribution in [0.1, 0.15) is 32.6 Å². The highest BCUT2D eigenvalue weighted by Gasteiger charge is 2.36. The molecule has 16 heavy (non-hydrogen) atoms. The van der Waals surface area contributed by atoms with E-state index in [2.05, 4.69) is 23.7 Å². The summed E-state index contributed by atoms with van der Waals surface area (Å²) >= 11 is 0. The van der Waals surface area contributed by atoms with Gasteiger partial charge in [-0.25, -0.2) is 0 Å². The van der Waals surface area contributed by atoms with E-state index >= 15 is 0 Å². The molecule has 1 heterocycles. The predicted octanol–water partition coefficient (Wildman–Crippen LogP) is 1.82. The van der Waals surface area contributed by atoms with Crippen LogP contribution < -0.4 is 0 Å². The van der Waals surface area contributed by atoms with E-state index in [1.165, 1.54) is 17.0 Å². The van der Waals surface area contributed by atoms with Crippen molar-refractivity contribution < 1.29 is 14.4 Å². The van der Waals surface area contributed by atoms with Crippen LogP contribution in [0.25, 0.3) is 0 Å². The van der Waals surface area contributed by atoms with Crippen LogP contribution in [0, 0.1) is 0 Å². The number of likely N-dealkylation sites (N-methyl/N-ethyl adjacent to an activating group) is 1. The molecule has 0 saturated carbocycles. The fraction of sp³-hybridized carbons (Fsp3) is 0.615. The van der Waals surface area contributed by atoms with Crippen LogP contribution >= 0.6 is 0 Å². The van der Waals surface area contributed by atoms with Crippen LogP contribution in [0.5, 0.6) is 0 Å². The number of aliphatic hydroxyl groups excluding tert-OH is 1. The summed E-state index contributed by atoms with van der Waals surface area (Å²) in [7, 11) is 1.54. The molecule has 3 nitrogen and oxygen atoms in total. The fourth-order valence-corrected chi connectivity index (χ4v) is 2.48. The van der Waals surface area contributed by atoms with Crippen LogP contribution in [0.15, 0.2) is 23.4 Å². The summed E-state index contributed by atoms with van der Waals surface area (Å²) in [5, 5.41) is 9.40. The number of allylic oxidation sites excluding steroid dienone is 3. The van der Waals surface area contributed by atoms with E-state index in [0.29, 0.717) is 6.42 Å². The Morgan fingerprint density at radius 2 is 2.38 bits per heavy atom. The number of ether oxygens (including phenoxy) is 1. The van der Waals surface area contributed by atoms with E-state index in [1.54, 1.807) is 7.11 Å². The monoisotopic (exact) mass is 222 g/mol. The molecule has 0 fully saturated rings. The Morgan fingerprint density at radius 1 is 1.56 bits per heavy atom. The van der Waals surface area contributed by atoms with Gasteiger partial charge in [-0.1, -0.05) is 6.08 Å². The summed E-state index contributed by atoms with van der Waals surface area (Å²) in [4.78, 5) is 0. The summed E-state index contributed by atoms with van der Waals surface area (Å²) in [6, 6.07) is 0. The van der Waals surface area contributed by atoms with Crippen molar-refractivity contribution >= 4 is 5.71 Å². The van der Waals surface area contributed by atoms with Crippen molar-refractivity contribution in [3.63, 3.8) is 0 Å². The van der Waals surface area contributed by atoms with Crippen molar-refractivity contribution in [2.75, 3.05) is 13.7 Å². The molecule has 88 valence electrons. The maximum absolute atomic E-state index is 9.40. The molecule has 0 bridgehead atoms.